The Labute approximate surface area is 161 Å². The molecule has 1 atom stereocenters. The standard InChI is InChI=1S/C20H21N5OS/c1-24-19(21-16-6-3-2-5-14(16)20(24)26)17-7-4-9-25(17)18-11-13-12-27-10-8-15(13)22-23-18/h2-3,5-6,11,17H,4,7-10,12H2,1H3. The predicted molar refractivity (Wildman–Crippen MR) is 108 cm³/mol. The zero-order valence-electron chi connectivity index (χ0n) is 15.3. The molecule has 1 aromatic carbocycles. The highest BCUT2D eigenvalue weighted by Crippen LogP contribution is 2.35. The van der Waals surface area contributed by atoms with Gasteiger partial charge in [-0.2, -0.15) is 16.9 Å². The molecular weight excluding hydrogens is 358 g/mol. The van der Waals surface area contributed by atoms with Crippen LogP contribution >= 0.6 is 11.8 Å². The number of anilines is 1. The Morgan fingerprint density at radius 1 is 1.22 bits per heavy atom. The lowest BCUT2D eigenvalue weighted by molar-refractivity contribution is 0.604. The molecule has 1 unspecified atom stereocenters. The molecule has 0 amide bonds. The third-order valence-corrected chi connectivity index (χ3v) is 6.56. The largest absolute Gasteiger partial charge is 0.345 e. The summed E-state index contributed by atoms with van der Waals surface area (Å²) in [5, 5.41) is 9.67. The fourth-order valence-corrected chi connectivity index (χ4v) is 5.07. The lowest BCUT2D eigenvalue weighted by Crippen LogP contribution is -2.31. The highest BCUT2D eigenvalue weighted by molar-refractivity contribution is 7.98. The molecule has 2 aromatic heterocycles. The molecule has 1 fully saturated rings. The van der Waals surface area contributed by atoms with Crippen molar-refractivity contribution in [2.75, 3.05) is 17.2 Å². The predicted octanol–water partition coefficient (Wildman–Crippen LogP) is 2.85. The van der Waals surface area contributed by atoms with Gasteiger partial charge in [0.1, 0.15) is 5.82 Å². The summed E-state index contributed by atoms with van der Waals surface area (Å²) in [6, 6.07) is 9.80. The Morgan fingerprint density at radius 3 is 3.04 bits per heavy atom. The Hall–Kier alpha value is -2.41. The van der Waals surface area contributed by atoms with Crippen molar-refractivity contribution in [1.82, 2.24) is 19.7 Å². The van der Waals surface area contributed by atoms with Gasteiger partial charge in [-0.15, -0.1) is 5.10 Å². The molecule has 0 saturated carbocycles. The van der Waals surface area contributed by atoms with Crippen LogP contribution in [0, 0.1) is 0 Å². The highest BCUT2D eigenvalue weighted by Gasteiger charge is 2.31. The van der Waals surface area contributed by atoms with Gasteiger partial charge in [-0.1, -0.05) is 12.1 Å². The van der Waals surface area contributed by atoms with Crippen LogP contribution in [0.4, 0.5) is 5.82 Å². The maximum absolute atomic E-state index is 12.8. The normalized spacial score (nSPS) is 19.4. The van der Waals surface area contributed by atoms with Gasteiger partial charge < -0.3 is 4.90 Å². The van der Waals surface area contributed by atoms with E-state index < -0.39 is 0 Å². The number of aryl methyl sites for hydroxylation is 1. The molecule has 5 rings (SSSR count). The van der Waals surface area contributed by atoms with Crippen molar-refractivity contribution in [3.8, 4) is 0 Å². The molecule has 3 aromatic rings. The Bertz CT molecular complexity index is 1080. The van der Waals surface area contributed by atoms with E-state index in [9.17, 15) is 4.79 Å². The molecule has 7 heteroatoms. The monoisotopic (exact) mass is 379 g/mol. The molecule has 0 aliphatic carbocycles. The van der Waals surface area contributed by atoms with Gasteiger partial charge in [0, 0.05) is 25.8 Å². The number of rotatable bonds is 2. The molecule has 0 N–H and O–H groups in total. The zero-order valence-corrected chi connectivity index (χ0v) is 16.1. The van der Waals surface area contributed by atoms with Crippen molar-refractivity contribution in [3.05, 3.63) is 57.8 Å². The topological polar surface area (TPSA) is 63.9 Å². The summed E-state index contributed by atoms with van der Waals surface area (Å²) in [5.74, 6) is 3.84. The molecular formula is C20H21N5OS. The van der Waals surface area contributed by atoms with E-state index >= 15 is 0 Å². The molecule has 2 aliphatic rings. The summed E-state index contributed by atoms with van der Waals surface area (Å²) < 4.78 is 1.70. The molecule has 0 radical (unpaired) electrons. The summed E-state index contributed by atoms with van der Waals surface area (Å²) in [7, 11) is 1.82. The van der Waals surface area contributed by atoms with Crippen LogP contribution in [0.5, 0.6) is 0 Å². The van der Waals surface area contributed by atoms with Gasteiger partial charge in [-0.25, -0.2) is 4.98 Å². The van der Waals surface area contributed by atoms with Gasteiger partial charge in [-0.3, -0.25) is 9.36 Å². The van der Waals surface area contributed by atoms with Gasteiger partial charge >= 0.3 is 0 Å². The van der Waals surface area contributed by atoms with Crippen LogP contribution in [0.15, 0.2) is 35.1 Å². The van der Waals surface area contributed by atoms with Gasteiger partial charge in [0.25, 0.3) is 5.56 Å². The van der Waals surface area contributed by atoms with E-state index in [1.165, 1.54) is 5.56 Å². The number of hydrogen-bond donors (Lipinski definition) is 0. The summed E-state index contributed by atoms with van der Waals surface area (Å²) in [6.45, 7) is 0.911. The van der Waals surface area contributed by atoms with Crippen LogP contribution in [0.25, 0.3) is 10.9 Å². The minimum Gasteiger partial charge on any atom is -0.345 e. The smallest absolute Gasteiger partial charge is 0.261 e. The fraction of sp³-hybridized carbons (Fsp3) is 0.400. The molecule has 1 saturated heterocycles. The second-order valence-electron chi connectivity index (χ2n) is 7.18. The van der Waals surface area contributed by atoms with Crippen molar-refractivity contribution in [1.29, 1.82) is 0 Å². The van der Waals surface area contributed by atoms with E-state index in [4.69, 9.17) is 4.98 Å². The van der Waals surface area contributed by atoms with Crippen LogP contribution < -0.4 is 10.5 Å². The Morgan fingerprint density at radius 2 is 2.11 bits per heavy atom. The molecule has 6 nitrogen and oxygen atoms in total. The quantitative estimate of drug-likeness (QED) is 0.682. The first-order valence-corrected chi connectivity index (χ1v) is 10.5. The Balaban J connectivity index is 1.58. The summed E-state index contributed by atoms with van der Waals surface area (Å²) in [6.07, 6.45) is 3.02. The fourth-order valence-electron chi connectivity index (χ4n) is 4.11. The van der Waals surface area contributed by atoms with Crippen molar-refractivity contribution in [2.45, 2.75) is 31.1 Å². The number of para-hydroxylation sites is 1. The van der Waals surface area contributed by atoms with Crippen LogP contribution in [0.3, 0.4) is 0 Å². The molecule has 138 valence electrons. The maximum Gasteiger partial charge on any atom is 0.261 e. The zero-order chi connectivity index (χ0) is 18.4. The Kier molecular flexibility index (Phi) is 4.11. The lowest BCUT2D eigenvalue weighted by atomic mass is 10.1. The van der Waals surface area contributed by atoms with E-state index in [0.29, 0.717) is 5.39 Å². The molecule has 2 aliphatic heterocycles. The number of aromatic nitrogens is 4. The van der Waals surface area contributed by atoms with Crippen LogP contribution in [0.2, 0.25) is 0 Å². The second kappa shape index (κ2) is 6.64. The number of nitrogens with zero attached hydrogens (tertiary/aromatic N) is 5. The third kappa shape index (κ3) is 2.81. The molecule has 27 heavy (non-hydrogen) atoms. The van der Waals surface area contributed by atoms with Crippen LogP contribution in [-0.2, 0) is 19.2 Å². The average molecular weight is 379 g/mol. The number of benzene rings is 1. The van der Waals surface area contributed by atoms with Crippen molar-refractivity contribution in [3.63, 3.8) is 0 Å². The minimum absolute atomic E-state index is 0.00961. The van der Waals surface area contributed by atoms with Gasteiger partial charge in [0.2, 0.25) is 0 Å². The maximum atomic E-state index is 12.8. The first kappa shape index (κ1) is 16.7. The van der Waals surface area contributed by atoms with Gasteiger partial charge in [-0.05, 0) is 42.4 Å². The first-order chi connectivity index (χ1) is 13.2. The molecule has 4 heterocycles. The summed E-state index contributed by atoms with van der Waals surface area (Å²) in [5.41, 5.74) is 3.19. The van der Waals surface area contributed by atoms with E-state index in [-0.39, 0.29) is 11.6 Å². The van der Waals surface area contributed by atoms with Crippen LogP contribution in [0.1, 0.15) is 36.0 Å². The van der Waals surface area contributed by atoms with Crippen molar-refractivity contribution >= 4 is 28.5 Å². The molecule has 0 spiro atoms. The third-order valence-electron chi connectivity index (χ3n) is 5.55. The lowest BCUT2D eigenvalue weighted by Gasteiger charge is -2.27. The minimum atomic E-state index is 0.00961. The number of hydrogen-bond acceptors (Lipinski definition) is 6. The first-order valence-electron chi connectivity index (χ1n) is 9.38. The van der Waals surface area contributed by atoms with Crippen LogP contribution in [-0.4, -0.2) is 32.0 Å². The van der Waals surface area contributed by atoms with Crippen molar-refractivity contribution in [2.24, 2.45) is 7.05 Å². The van der Waals surface area contributed by atoms with Gasteiger partial charge in [0.05, 0.1) is 22.6 Å². The van der Waals surface area contributed by atoms with E-state index in [1.54, 1.807) is 4.57 Å². The number of thioether (sulfide) groups is 1. The summed E-state index contributed by atoms with van der Waals surface area (Å²) in [4.78, 5) is 19.9. The summed E-state index contributed by atoms with van der Waals surface area (Å²) >= 11 is 1.95. The SMILES string of the molecule is Cn1c(C2CCCN2c2cc3c(nn2)CCSC3)nc2ccccc2c1=O. The average Bonchev–Trinajstić information content (AvgIpc) is 3.20. The number of fused-ring (bicyclic) bond motifs is 2. The second-order valence-corrected chi connectivity index (χ2v) is 8.28. The van der Waals surface area contributed by atoms with E-state index in [1.807, 2.05) is 43.1 Å². The van der Waals surface area contributed by atoms with E-state index in [0.717, 1.165) is 60.2 Å². The van der Waals surface area contributed by atoms with Gasteiger partial charge in [0.15, 0.2) is 5.82 Å². The van der Waals surface area contributed by atoms with E-state index in [2.05, 4.69) is 21.2 Å². The van der Waals surface area contributed by atoms with Crippen molar-refractivity contribution < 1.29 is 0 Å². The highest BCUT2D eigenvalue weighted by atomic mass is 32.2. The molecule has 0 bridgehead atoms.